The lowest BCUT2D eigenvalue weighted by Crippen LogP contribution is -2.02. The molecule has 0 bridgehead atoms. The van der Waals surface area contributed by atoms with Gasteiger partial charge in [-0.05, 0) is 11.6 Å². The second kappa shape index (κ2) is 6.00. The Hall–Kier alpha value is -3.29. The Morgan fingerprint density at radius 3 is 2.36 bits per heavy atom. The van der Waals surface area contributed by atoms with Gasteiger partial charge in [0.2, 0.25) is 0 Å². The fourth-order valence-electron chi connectivity index (χ4n) is 2.02. The van der Waals surface area contributed by atoms with Crippen LogP contribution in [0.4, 0.5) is 11.4 Å². The van der Waals surface area contributed by atoms with Gasteiger partial charge in [-0.15, -0.1) is 0 Å². The van der Waals surface area contributed by atoms with Gasteiger partial charge in [0.05, 0.1) is 15.4 Å². The first-order valence-corrected chi connectivity index (χ1v) is 6.12. The van der Waals surface area contributed by atoms with Crippen LogP contribution in [-0.2, 0) is 6.42 Å². The van der Waals surface area contributed by atoms with E-state index < -0.39 is 15.8 Å². The average molecular weight is 302 g/mol. The molecule has 8 nitrogen and oxygen atoms in total. The van der Waals surface area contributed by atoms with Crippen molar-refractivity contribution in [2.24, 2.45) is 0 Å². The highest BCUT2D eigenvalue weighted by molar-refractivity contribution is 5.88. The molecule has 0 heterocycles. The number of carboxylic acid groups (broad SMARTS) is 1. The van der Waals surface area contributed by atoms with Crippen molar-refractivity contribution in [2.45, 2.75) is 6.42 Å². The van der Waals surface area contributed by atoms with Gasteiger partial charge in [0.1, 0.15) is 0 Å². The van der Waals surface area contributed by atoms with Gasteiger partial charge in [-0.3, -0.25) is 20.2 Å². The number of benzene rings is 2. The van der Waals surface area contributed by atoms with E-state index in [1.807, 2.05) is 0 Å². The largest absolute Gasteiger partial charge is 0.478 e. The Kier molecular flexibility index (Phi) is 4.12. The lowest BCUT2D eigenvalue weighted by atomic mass is 10.0. The fraction of sp³-hybridized carbons (Fsp3) is 0.0714. The van der Waals surface area contributed by atoms with Crippen molar-refractivity contribution in [3.05, 3.63) is 79.4 Å². The number of nitro groups is 2. The van der Waals surface area contributed by atoms with E-state index in [0.29, 0.717) is 5.56 Å². The third kappa shape index (κ3) is 3.23. The van der Waals surface area contributed by atoms with Gasteiger partial charge in [0.15, 0.2) is 0 Å². The molecule has 2 aromatic carbocycles. The zero-order chi connectivity index (χ0) is 16.3. The number of aromatic carboxylic acids is 1. The molecular weight excluding hydrogens is 292 g/mol. The number of nitrogens with zero attached hydrogens (tertiary/aromatic N) is 2. The number of hydrogen-bond acceptors (Lipinski definition) is 5. The molecule has 112 valence electrons. The summed E-state index contributed by atoms with van der Waals surface area (Å²) < 4.78 is 0. The van der Waals surface area contributed by atoms with Crippen LogP contribution in [0.1, 0.15) is 21.5 Å². The maximum atomic E-state index is 11.1. The van der Waals surface area contributed by atoms with Gasteiger partial charge in [0.25, 0.3) is 11.4 Å². The summed E-state index contributed by atoms with van der Waals surface area (Å²) in [7, 11) is 0. The fourth-order valence-corrected chi connectivity index (χ4v) is 2.02. The van der Waals surface area contributed by atoms with Crippen LogP contribution in [0.3, 0.4) is 0 Å². The summed E-state index contributed by atoms with van der Waals surface area (Å²) in [5.41, 5.74) is 0.194. The first-order valence-electron chi connectivity index (χ1n) is 6.12. The third-order valence-electron chi connectivity index (χ3n) is 3.04. The average Bonchev–Trinajstić information content (AvgIpc) is 2.47. The van der Waals surface area contributed by atoms with E-state index in [1.165, 1.54) is 30.3 Å². The lowest BCUT2D eigenvalue weighted by molar-refractivity contribution is -0.385. The molecule has 22 heavy (non-hydrogen) atoms. The zero-order valence-corrected chi connectivity index (χ0v) is 11.1. The molecule has 0 amide bonds. The second-order valence-electron chi connectivity index (χ2n) is 4.51. The van der Waals surface area contributed by atoms with Gasteiger partial charge in [0, 0.05) is 30.2 Å². The van der Waals surface area contributed by atoms with Gasteiger partial charge < -0.3 is 5.11 Å². The van der Waals surface area contributed by atoms with Crippen molar-refractivity contribution >= 4 is 17.3 Å². The molecule has 0 aliphatic carbocycles. The molecule has 0 aliphatic rings. The van der Waals surface area contributed by atoms with Crippen LogP contribution in [0.5, 0.6) is 0 Å². The summed E-state index contributed by atoms with van der Waals surface area (Å²) in [5.74, 6) is -1.26. The lowest BCUT2D eigenvalue weighted by Gasteiger charge is -2.05. The highest BCUT2D eigenvalue weighted by Crippen LogP contribution is 2.24. The monoisotopic (exact) mass is 302 g/mol. The zero-order valence-electron chi connectivity index (χ0n) is 11.1. The minimum Gasteiger partial charge on any atom is -0.478 e. The van der Waals surface area contributed by atoms with E-state index in [9.17, 15) is 25.0 Å². The van der Waals surface area contributed by atoms with Crippen molar-refractivity contribution in [1.82, 2.24) is 0 Å². The van der Waals surface area contributed by atoms with E-state index in [2.05, 4.69) is 0 Å². The second-order valence-corrected chi connectivity index (χ2v) is 4.51. The van der Waals surface area contributed by atoms with Gasteiger partial charge in [-0.25, -0.2) is 4.79 Å². The van der Waals surface area contributed by atoms with Crippen LogP contribution in [0.2, 0.25) is 0 Å². The summed E-state index contributed by atoms with van der Waals surface area (Å²) in [6, 6.07) is 9.35. The molecule has 0 saturated carbocycles. The molecule has 8 heteroatoms. The summed E-state index contributed by atoms with van der Waals surface area (Å²) in [6.07, 6.45) is 0.0951. The van der Waals surface area contributed by atoms with Crippen molar-refractivity contribution in [3.8, 4) is 0 Å². The van der Waals surface area contributed by atoms with Crippen molar-refractivity contribution in [1.29, 1.82) is 0 Å². The van der Waals surface area contributed by atoms with E-state index in [4.69, 9.17) is 5.11 Å². The minimum atomic E-state index is -1.26. The third-order valence-corrected chi connectivity index (χ3v) is 3.04. The Bertz CT molecular complexity index is 772. The predicted molar refractivity (Wildman–Crippen MR) is 76.0 cm³/mol. The molecule has 0 fully saturated rings. The number of non-ortho nitro benzene ring substituents is 1. The Labute approximate surface area is 123 Å². The van der Waals surface area contributed by atoms with Crippen LogP contribution in [-0.4, -0.2) is 20.9 Å². The Morgan fingerprint density at radius 2 is 1.77 bits per heavy atom. The topological polar surface area (TPSA) is 124 Å². The quantitative estimate of drug-likeness (QED) is 0.669. The van der Waals surface area contributed by atoms with Crippen LogP contribution in [0.15, 0.2) is 42.5 Å². The number of nitro benzene ring substituents is 2. The highest BCUT2D eigenvalue weighted by atomic mass is 16.6. The molecule has 0 atom stereocenters. The summed E-state index contributed by atoms with van der Waals surface area (Å²) in [6.45, 7) is 0. The number of hydrogen-bond donors (Lipinski definition) is 1. The van der Waals surface area contributed by atoms with E-state index in [1.54, 1.807) is 6.07 Å². The first-order chi connectivity index (χ1) is 10.4. The molecular formula is C14H10N2O6. The standard InChI is InChI=1S/C14H10N2O6/c17-14(18)11-5-4-10(13(8-11)16(21)22)6-9-2-1-3-12(7-9)15(19)20/h1-5,7-8H,6H2,(H,17,18). The van der Waals surface area contributed by atoms with Crippen LogP contribution in [0.25, 0.3) is 0 Å². The minimum absolute atomic E-state index is 0.0951. The van der Waals surface area contributed by atoms with Gasteiger partial charge >= 0.3 is 5.97 Å². The summed E-state index contributed by atoms with van der Waals surface area (Å²) >= 11 is 0. The van der Waals surface area contributed by atoms with Crippen molar-refractivity contribution in [2.75, 3.05) is 0 Å². The molecule has 2 aromatic rings. The molecule has 0 aromatic heterocycles. The SMILES string of the molecule is O=C(O)c1ccc(Cc2cccc([N+](=O)[O-])c2)c([N+](=O)[O-])c1. The molecule has 2 rings (SSSR count). The normalized spacial score (nSPS) is 10.2. The van der Waals surface area contributed by atoms with Gasteiger partial charge in [-0.1, -0.05) is 18.2 Å². The number of carboxylic acids is 1. The van der Waals surface area contributed by atoms with E-state index in [0.717, 1.165) is 6.07 Å². The molecule has 1 N–H and O–H groups in total. The van der Waals surface area contributed by atoms with Crippen LogP contribution < -0.4 is 0 Å². The summed E-state index contributed by atoms with van der Waals surface area (Å²) in [5, 5.41) is 30.7. The molecule has 0 saturated heterocycles. The number of rotatable bonds is 5. The van der Waals surface area contributed by atoms with Gasteiger partial charge in [-0.2, -0.15) is 0 Å². The van der Waals surface area contributed by atoms with Crippen LogP contribution >= 0.6 is 0 Å². The molecule has 0 spiro atoms. The van der Waals surface area contributed by atoms with E-state index in [-0.39, 0.29) is 28.9 Å². The molecule has 0 unspecified atom stereocenters. The Balaban J connectivity index is 2.41. The van der Waals surface area contributed by atoms with Crippen molar-refractivity contribution < 1.29 is 19.7 Å². The maximum Gasteiger partial charge on any atom is 0.335 e. The smallest absolute Gasteiger partial charge is 0.335 e. The summed E-state index contributed by atoms with van der Waals surface area (Å²) in [4.78, 5) is 31.4. The molecule has 0 aliphatic heterocycles. The number of carbonyl (C=O) groups is 1. The van der Waals surface area contributed by atoms with Crippen LogP contribution in [0, 0.1) is 20.2 Å². The maximum absolute atomic E-state index is 11.1. The molecule has 0 radical (unpaired) electrons. The highest BCUT2D eigenvalue weighted by Gasteiger charge is 2.18. The van der Waals surface area contributed by atoms with Crippen molar-refractivity contribution in [3.63, 3.8) is 0 Å². The first kappa shape index (κ1) is 15.1. The Morgan fingerprint density at radius 1 is 1.05 bits per heavy atom. The predicted octanol–water partition coefficient (Wildman–Crippen LogP) is 2.79. The van der Waals surface area contributed by atoms with E-state index >= 15 is 0 Å².